The van der Waals surface area contributed by atoms with E-state index in [0.717, 1.165) is 43.9 Å². The van der Waals surface area contributed by atoms with Crippen LogP contribution in [-0.4, -0.2) is 17.9 Å². The zero-order valence-electron chi connectivity index (χ0n) is 13.4. The van der Waals surface area contributed by atoms with Gasteiger partial charge in [0.25, 0.3) is 0 Å². The molecule has 24 heavy (non-hydrogen) atoms. The van der Waals surface area contributed by atoms with Crippen LogP contribution < -0.4 is 11.1 Å². The van der Waals surface area contributed by atoms with Gasteiger partial charge in [-0.1, -0.05) is 25.3 Å². The van der Waals surface area contributed by atoms with Crippen molar-refractivity contribution in [1.29, 1.82) is 0 Å². The van der Waals surface area contributed by atoms with E-state index in [1.54, 1.807) is 0 Å². The van der Waals surface area contributed by atoms with Crippen LogP contribution in [0.4, 0.5) is 8.78 Å². The Morgan fingerprint density at radius 2 is 1.79 bits per heavy atom. The van der Waals surface area contributed by atoms with Gasteiger partial charge in [0, 0.05) is 12.5 Å². The maximum atomic E-state index is 13.2. The summed E-state index contributed by atoms with van der Waals surface area (Å²) in [6.07, 6.45) is 8.87. The number of benzene rings is 1. The van der Waals surface area contributed by atoms with Crippen molar-refractivity contribution in [1.82, 2.24) is 5.32 Å². The van der Waals surface area contributed by atoms with Crippen LogP contribution in [0.2, 0.25) is 0 Å². The van der Waals surface area contributed by atoms with Crippen LogP contribution in [0.15, 0.2) is 30.4 Å². The molecule has 0 bridgehead atoms. The molecule has 3 N–H and O–H groups in total. The Balaban J connectivity index is 1.96. The number of halogens is 2. The average Bonchev–Trinajstić information content (AvgIpc) is 2.52. The summed E-state index contributed by atoms with van der Waals surface area (Å²) < 4.78 is 26.4. The normalized spacial score (nSPS) is 16.9. The molecule has 1 aromatic carbocycles. The maximum Gasteiger partial charge on any atom is 0.244 e. The lowest BCUT2D eigenvalue weighted by atomic mass is 9.89. The number of amides is 2. The fourth-order valence-electron chi connectivity index (χ4n) is 2.96. The summed E-state index contributed by atoms with van der Waals surface area (Å²) >= 11 is 0. The smallest absolute Gasteiger partial charge is 0.244 e. The summed E-state index contributed by atoms with van der Waals surface area (Å²) in [5, 5.41) is 2.50. The Labute approximate surface area is 140 Å². The summed E-state index contributed by atoms with van der Waals surface area (Å²) in [6, 6.07) is 1.95. The second-order valence-electron chi connectivity index (χ2n) is 6.20. The minimum absolute atomic E-state index is 0.0625. The van der Waals surface area contributed by atoms with E-state index in [4.69, 9.17) is 5.73 Å². The largest absolute Gasteiger partial charge is 0.368 e. The quantitative estimate of drug-likeness (QED) is 0.784. The molecule has 130 valence electrons. The predicted octanol–water partition coefficient (Wildman–Crippen LogP) is 2.61. The molecule has 1 fully saturated rings. The second kappa shape index (κ2) is 8.57. The average molecular weight is 336 g/mol. The SMILES string of the molecule is NC(=O)[C@H](Cc1cc(F)cc(F)c1)NC(=O)/C=C/C1CCCCC1. The number of hydrogen-bond acceptors (Lipinski definition) is 2. The van der Waals surface area contributed by atoms with Crippen molar-refractivity contribution in [2.45, 2.75) is 44.6 Å². The summed E-state index contributed by atoms with van der Waals surface area (Å²) in [6.45, 7) is 0. The topological polar surface area (TPSA) is 72.2 Å². The van der Waals surface area contributed by atoms with Gasteiger partial charge >= 0.3 is 0 Å². The van der Waals surface area contributed by atoms with Gasteiger partial charge in [0.1, 0.15) is 17.7 Å². The maximum absolute atomic E-state index is 13.2. The van der Waals surface area contributed by atoms with Crippen LogP contribution in [-0.2, 0) is 16.0 Å². The van der Waals surface area contributed by atoms with Gasteiger partial charge in [0.05, 0.1) is 0 Å². The number of hydrogen-bond donors (Lipinski definition) is 2. The van der Waals surface area contributed by atoms with Crippen molar-refractivity contribution in [2.75, 3.05) is 0 Å². The van der Waals surface area contributed by atoms with E-state index in [1.165, 1.54) is 12.5 Å². The van der Waals surface area contributed by atoms with Gasteiger partial charge < -0.3 is 11.1 Å². The van der Waals surface area contributed by atoms with Gasteiger partial charge in [-0.2, -0.15) is 0 Å². The van der Waals surface area contributed by atoms with Gasteiger partial charge in [-0.3, -0.25) is 9.59 Å². The first-order chi connectivity index (χ1) is 11.4. The van der Waals surface area contributed by atoms with E-state index in [2.05, 4.69) is 5.32 Å². The Kier molecular flexibility index (Phi) is 6.46. The Morgan fingerprint density at radius 1 is 1.17 bits per heavy atom. The molecular formula is C18H22F2N2O2. The van der Waals surface area contributed by atoms with Crippen LogP contribution in [0.3, 0.4) is 0 Å². The highest BCUT2D eigenvalue weighted by Crippen LogP contribution is 2.24. The molecule has 1 atom stereocenters. The van der Waals surface area contributed by atoms with Crippen molar-refractivity contribution in [2.24, 2.45) is 11.7 Å². The number of nitrogens with two attached hydrogens (primary N) is 1. The van der Waals surface area contributed by atoms with E-state index < -0.39 is 29.5 Å². The van der Waals surface area contributed by atoms with Crippen molar-refractivity contribution in [3.63, 3.8) is 0 Å². The molecule has 2 amide bonds. The predicted molar refractivity (Wildman–Crippen MR) is 86.9 cm³/mol. The first-order valence-electron chi connectivity index (χ1n) is 8.17. The molecule has 0 spiro atoms. The monoisotopic (exact) mass is 336 g/mol. The van der Waals surface area contributed by atoms with Crippen molar-refractivity contribution < 1.29 is 18.4 Å². The Morgan fingerprint density at radius 3 is 2.38 bits per heavy atom. The third kappa shape index (κ3) is 5.76. The lowest BCUT2D eigenvalue weighted by molar-refractivity contribution is -0.124. The van der Waals surface area contributed by atoms with Crippen molar-refractivity contribution >= 4 is 11.8 Å². The highest BCUT2D eigenvalue weighted by molar-refractivity contribution is 5.92. The lowest BCUT2D eigenvalue weighted by Gasteiger charge is -2.18. The fourth-order valence-corrected chi connectivity index (χ4v) is 2.96. The summed E-state index contributed by atoms with van der Waals surface area (Å²) in [7, 11) is 0. The molecule has 0 saturated heterocycles. The molecule has 0 aliphatic heterocycles. The van der Waals surface area contributed by atoms with Crippen LogP contribution in [0.25, 0.3) is 0 Å². The molecular weight excluding hydrogens is 314 g/mol. The fraction of sp³-hybridized carbons (Fsp3) is 0.444. The van der Waals surface area contributed by atoms with Gasteiger partial charge in [0.15, 0.2) is 0 Å². The highest BCUT2D eigenvalue weighted by atomic mass is 19.1. The van der Waals surface area contributed by atoms with E-state index in [9.17, 15) is 18.4 Å². The van der Waals surface area contributed by atoms with E-state index in [-0.39, 0.29) is 12.0 Å². The van der Waals surface area contributed by atoms with Gasteiger partial charge in [-0.05, 0) is 42.5 Å². The summed E-state index contributed by atoms with van der Waals surface area (Å²) in [4.78, 5) is 23.5. The van der Waals surface area contributed by atoms with Gasteiger partial charge in [-0.25, -0.2) is 8.78 Å². The molecule has 6 heteroatoms. The van der Waals surface area contributed by atoms with Crippen LogP contribution in [0.1, 0.15) is 37.7 Å². The second-order valence-corrected chi connectivity index (χ2v) is 6.20. The molecule has 1 aromatic rings. The number of allylic oxidation sites excluding steroid dienone is 1. The molecule has 0 unspecified atom stereocenters. The molecule has 0 radical (unpaired) electrons. The minimum atomic E-state index is -1.02. The highest BCUT2D eigenvalue weighted by Gasteiger charge is 2.19. The third-order valence-corrected chi connectivity index (χ3v) is 4.19. The number of carbonyl (C=O) groups excluding carboxylic acids is 2. The van der Waals surface area contributed by atoms with Crippen LogP contribution >= 0.6 is 0 Å². The zero-order valence-corrected chi connectivity index (χ0v) is 13.4. The number of primary amides is 1. The Hall–Kier alpha value is -2.24. The lowest BCUT2D eigenvalue weighted by Crippen LogP contribution is -2.45. The minimum Gasteiger partial charge on any atom is -0.368 e. The Bertz CT molecular complexity index is 605. The van der Waals surface area contributed by atoms with E-state index >= 15 is 0 Å². The van der Waals surface area contributed by atoms with Crippen LogP contribution in [0, 0.1) is 17.6 Å². The van der Waals surface area contributed by atoms with Crippen molar-refractivity contribution in [3.8, 4) is 0 Å². The summed E-state index contributed by atoms with van der Waals surface area (Å²) in [5.74, 6) is -2.28. The third-order valence-electron chi connectivity index (χ3n) is 4.19. The zero-order chi connectivity index (χ0) is 17.5. The number of rotatable bonds is 6. The van der Waals surface area contributed by atoms with E-state index in [1.807, 2.05) is 6.08 Å². The molecule has 1 aliphatic carbocycles. The van der Waals surface area contributed by atoms with Crippen molar-refractivity contribution in [3.05, 3.63) is 47.5 Å². The first kappa shape index (κ1) is 18.1. The van der Waals surface area contributed by atoms with E-state index in [0.29, 0.717) is 5.92 Å². The van der Waals surface area contributed by atoms with Gasteiger partial charge in [0.2, 0.25) is 11.8 Å². The molecule has 1 aliphatic rings. The molecule has 0 aromatic heterocycles. The van der Waals surface area contributed by atoms with Crippen LogP contribution in [0.5, 0.6) is 0 Å². The standard InChI is InChI=1S/C18H22F2N2O2/c19-14-8-13(9-15(20)11-14)10-16(18(21)24)22-17(23)7-6-12-4-2-1-3-5-12/h6-9,11-12,16H,1-5,10H2,(H2,21,24)(H,22,23)/b7-6+/t16-/m0/s1. The molecule has 4 nitrogen and oxygen atoms in total. The molecule has 0 heterocycles. The first-order valence-corrected chi connectivity index (χ1v) is 8.17. The molecule has 1 saturated carbocycles. The molecule has 2 rings (SSSR count). The summed E-state index contributed by atoms with van der Waals surface area (Å²) in [5.41, 5.74) is 5.54. The number of nitrogens with one attached hydrogen (secondary N) is 1. The van der Waals surface area contributed by atoms with Gasteiger partial charge in [-0.15, -0.1) is 0 Å². The number of carbonyl (C=O) groups is 2.